The molecule has 0 saturated carbocycles. The number of amides is 2. The normalized spacial score (nSPS) is 19.4. The number of hydrazine groups is 1. The molecule has 1 aromatic carbocycles. The Kier molecular flexibility index (Phi) is 8.89. The van der Waals surface area contributed by atoms with Gasteiger partial charge in [-0.05, 0) is 31.7 Å². The Labute approximate surface area is 185 Å². The van der Waals surface area contributed by atoms with Crippen molar-refractivity contribution in [1.82, 2.24) is 21.1 Å². The number of Topliss-reactive ketones (excluding diaryl/α,β-unsaturated/α-hetero) is 1. The van der Waals surface area contributed by atoms with E-state index in [0.29, 0.717) is 19.0 Å². The molecule has 10 heteroatoms. The fourth-order valence-electron chi connectivity index (χ4n) is 2.98. The van der Waals surface area contributed by atoms with Gasteiger partial charge in [-0.3, -0.25) is 14.4 Å². The van der Waals surface area contributed by atoms with Gasteiger partial charge in [0.05, 0.1) is 12.2 Å². The lowest BCUT2D eigenvalue weighted by Crippen LogP contribution is -2.45. The van der Waals surface area contributed by atoms with Crippen molar-refractivity contribution in [2.24, 2.45) is 5.92 Å². The molecule has 1 aromatic rings. The van der Waals surface area contributed by atoms with Gasteiger partial charge >= 0.3 is 0 Å². The number of allylic oxidation sites excluding steroid dienone is 1. The van der Waals surface area contributed by atoms with E-state index in [-0.39, 0.29) is 36.7 Å². The number of rotatable bonds is 7. The quantitative estimate of drug-likeness (QED) is 0.474. The first-order valence-electron chi connectivity index (χ1n) is 10.3. The van der Waals surface area contributed by atoms with Gasteiger partial charge in [-0.25, -0.2) is 14.2 Å². The summed E-state index contributed by atoms with van der Waals surface area (Å²) < 4.78 is 26.9. The predicted octanol–water partition coefficient (Wildman–Crippen LogP) is 2.20. The number of carbonyl (C=O) groups excluding carboxylic acids is 3. The van der Waals surface area contributed by atoms with Gasteiger partial charge in [0.25, 0.3) is 11.8 Å². The van der Waals surface area contributed by atoms with Crippen LogP contribution >= 0.6 is 0 Å². The number of hydrogen-bond donors (Lipinski definition) is 4. The fraction of sp³-hybridized carbons (Fsp3) is 0.409. The van der Waals surface area contributed by atoms with Crippen LogP contribution in [-0.2, 0) is 20.9 Å². The second-order valence-corrected chi connectivity index (χ2v) is 7.71. The second-order valence-electron chi connectivity index (χ2n) is 7.71. The highest BCUT2D eigenvalue weighted by atomic mass is 19.1. The van der Waals surface area contributed by atoms with E-state index in [1.807, 2.05) is 13.8 Å². The number of halogens is 2. The molecule has 1 aliphatic rings. The number of aliphatic hydroxyl groups excluding tert-OH is 1. The van der Waals surface area contributed by atoms with Crippen LogP contribution in [0.5, 0.6) is 0 Å². The minimum absolute atomic E-state index is 0.0184. The van der Waals surface area contributed by atoms with Crippen LogP contribution in [0.1, 0.15) is 39.2 Å². The Morgan fingerprint density at radius 3 is 2.62 bits per heavy atom. The number of ketones is 1. The monoisotopic (exact) mass is 450 g/mol. The smallest absolute Gasteiger partial charge is 0.257 e. The van der Waals surface area contributed by atoms with E-state index in [1.165, 1.54) is 11.0 Å². The number of hydrogen-bond acceptors (Lipinski definition) is 6. The molecule has 0 spiro atoms. The SMILES string of the molecule is CCN1CNN/C=C(/C(=O)NCc2ccc(F)cc2F)C(=O)/C(O)=C(\CCC(C)C)C1=O. The largest absolute Gasteiger partial charge is 0.504 e. The predicted molar refractivity (Wildman–Crippen MR) is 114 cm³/mol. The number of carbonyl (C=O) groups is 3. The molecule has 1 aliphatic heterocycles. The minimum Gasteiger partial charge on any atom is -0.504 e. The highest BCUT2D eigenvalue weighted by Crippen LogP contribution is 2.20. The van der Waals surface area contributed by atoms with Crippen LogP contribution in [0.15, 0.2) is 41.3 Å². The summed E-state index contributed by atoms with van der Waals surface area (Å²) in [4.78, 5) is 39.9. The molecule has 32 heavy (non-hydrogen) atoms. The molecule has 0 atom stereocenters. The van der Waals surface area contributed by atoms with E-state index in [1.54, 1.807) is 6.92 Å². The van der Waals surface area contributed by atoms with Gasteiger partial charge in [-0.1, -0.05) is 19.9 Å². The highest BCUT2D eigenvalue weighted by molar-refractivity contribution is 6.26. The van der Waals surface area contributed by atoms with Crippen molar-refractivity contribution in [3.63, 3.8) is 0 Å². The molecule has 2 amide bonds. The summed E-state index contributed by atoms with van der Waals surface area (Å²) in [6.45, 7) is 5.74. The average molecular weight is 450 g/mol. The Morgan fingerprint density at radius 2 is 2.00 bits per heavy atom. The maximum Gasteiger partial charge on any atom is 0.257 e. The molecule has 0 aromatic heterocycles. The molecule has 0 fully saturated rings. The van der Waals surface area contributed by atoms with Crippen molar-refractivity contribution in [2.75, 3.05) is 13.2 Å². The van der Waals surface area contributed by atoms with E-state index in [4.69, 9.17) is 0 Å². The van der Waals surface area contributed by atoms with Gasteiger partial charge in [0, 0.05) is 30.9 Å². The summed E-state index contributed by atoms with van der Waals surface area (Å²) in [6, 6.07) is 2.90. The second kappa shape index (κ2) is 11.4. The molecule has 1 heterocycles. The molecule has 4 N–H and O–H groups in total. The third-order valence-electron chi connectivity index (χ3n) is 4.93. The molecule has 0 unspecified atom stereocenters. The number of nitrogens with one attached hydrogen (secondary N) is 3. The zero-order chi connectivity index (χ0) is 23.8. The number of likely N-dealkylation sites (N-methyl/N-ethyl adjacent to an activating group) is 1. The molecule has 174 valence electrons. The zero-order valence-electron chi connectivity index (χ0n) is 18.3. The van der Waals surface area contributed by atoms with Crippen molar-refractivity contribution in [1.29, 1.82) is 0 Å². The van der Waals surface area contributed by atoms with E-state index < -0.39 is 40.6 Å². The summed E-state index contributed by atoms with van der Waals surface area (Å²) in [7, 11) is 0. The molecule has 0 bridgehead atoms. The third-order valence-corrected chi connectivity index (χ3v) is 4.93. The van der Waals surface area contributed by atoms with Crippen LogP contribution in [0.4, 0.5) is 8.78 Å². The summed E-state index contributed by atoms with van der Waals surface area (Å²) in [5, 5.41) is 13.0. The van der Waals surface area contributed by atoms with Crippen molar-refractivity contribution >= 4 is 17.6 Å². The van der Waals surface area contributed by atoms with Gasteiger partial charge < -0.3 is 20.7 Å². The lowest BCUT2D eigenvalue weighted by atomic mass is 9.97. The van der Waals surface area contributed by atoms with Gasteiger partial charge in [0.1, 0.15) is 17.2 Å². The molecule has 8 nitrogen and oxygen atoms in total. The first kappa shape index (κ1) is 25.0. The minimum atomic E-state index is -1.04. The van der Waals surface area contributed by atoms with Gasteiger partial charge in [-0.2, -0.15) is 0 Å². The number of nitrogens with zero attached hydrogens (tertiary/aromatic N) is 1. The third kappa shape index (κ3) is 6.36. The van der Waals surface area contributed by atoms with Crippen LogP contribution in [0.25, 0.3) is 0 Å². The van der Waals surface area contributed by atoms with Crippen LogP contribution in [0.3, 0.4) is 0 Å². The lowest BCUT2D eigenvalue weighted by molar-refractivity contribution is -0.129. The van der Waals surface area contributed by atoms with Crippen molar-refractivity contribution in [2.45, 2.75) is 40.2 Å². The fourth-order valence-corrected chi connectivity index (χ4v) is 2.98. The van der Waals surface area contributed by atoms with Crippen molar-refractivity contribution in [3.8, 4) is 0 Å². The van der Waals surface area contributed by atoms with Crippen molar-refractivity contribution < 1.29 is 28.3 Å². The average Bonchev–Trinajstić information content (AvgIpc) is 2.74. The molecule has 2 rings (SSSR count). The lowest BCUT2D eigenvalue weighted by Gasteiger charge is -2.25. The molecule has 0 aliphatic carbocycles. The topological polar surface area (TPSA) is 111 Å². The van der Waals surface area contributed by atoms with Gasteiger partial charge in [0.15, 0.2) is 5.76 Å². The van der Waals surface area contributed by atoms with Crippen LogP contribution in [-0.4, -0.2) is 40.8 Å². The Balaban J connectivity index is 2.31. The molecular formula is C22H28F2N4O4. The number of benzene rings is 1. The van der Waals surface area contributed by atoms with Crippen LogP contribution in [0, 0.1) is 17.6 Å². The maximum atomic E-state index is 13.8. The van der Waals surface area contributed by atoms with E-state index in [9.17, 15) is 28.3 Å². The van der Waals surface area contributed by atoms with E-state index >= 15 is 0 Å². The number of aliphatic hydroxyl groups is 1. The maximum absolute atomic E-state index is 13.8. The summed E-state index contributed by atoms with van der Waals surface area (Å²) in [6.07, 6.45) is 1.78. The first-order valence-corrected chi connectivity index (χ1v) is 10.3. The molecule has 0 saturated heterocycles. The van der Waals surface area contributed by atoms with E-state index in [0.717, 1.165) is 12.3 Å². The van der Waals surface area contributed by atoms with Gasteiger partial charge in [0.2, 0.25) is 5.78 Å². The van der Waals surface area contributed by atoms with Gasteiger partial charge in [-0.15, -0.1) is 0 Å². The Hall–Kier alpha value is -3.27. The highest BCUT2D eigenvalue weighted by Gasteiger charge is 2.29. The Morgan fingerprint density at radius 1 is 1.28 bits per heavy atom. The Bertz CT molecular complexity index is 944. The zero-order valence-corrected chi connectivity index (χ0v) is 18.3. The summed E-state index contributed by atoms with van der Waals surface area (Å²) >= 11 is 0. The summed E-state index contributed by atoms with van der Waals surface area (Å²) in [5.74, 6) is -4.64. The first-order chi connectivity index (χ1) is 15.1. The van der Waals surface area contributed by atoms with E-state index in [2.05, 4.69) is 16.2 Å². The van der Waals surface area contributed by atoms with Crippen molar-refractivity contribution in [3.05, 3.63) is 58.5 Å². The standard InChI is InChI=1S/C22H28F2N4O4/c1-4-28-12-27-26-11-17(20(30)19(29)16(22(28)32)8-5-13(2)3)21(31)25-10-14-6-7-15(23)9-18(14)24/h6-7,9,11,13,26-27,29H,4-5,8,10,12H2,1-3H3,(H,25,31)/b17-11+,19-16-. The van der Waals surface area contributed by atoms with Crippen LogP contribution < -0.4 is 16.2 Å². The molecule has 0 radical (unpaired) electrons. The molecular weight excluding hydrogens is 422 g/mol. The van der Waals surface area contributed by atoms with Crippen LogP contribution in [0.2, 0.25) is 0 Å². The summed E-state index contributed by atoms with van der Waals surface area (Å²) in [5.41, 5.74) is 4.75.